The highest BCUT2D eigenvalue weighted by Crippen LogP contribution is 2.26. The predicted molar refractivity (Wildman–Crippen MR) is 107 cm³/mol. The average molecular weight is 411 g/mol. The Hall–Kier alpha value is -2.09. The monoisotopic (exact) mass is 410 g/mol. The van der Waals surface area contributed by atoms with E-state index >= 15 is 0 Å². The van der Waals surface area contributed by atoms with Gasteiger partial charge >= 0.3 is 0 Å². The number of carbonyl (C=O) groups excluding carboxylic acids is 1. The second kappa shape index (κ2) is 8.73. The SMILES string of the molecule is COc1ccc(C)cc1NC(=O)CCNS(=O)(=O)c1cc(C)c(Cl)c(C)c1. The first-order valence-electron chi connectivity index (χ1n) is 8.35. The predicted octanol–water partition coefficient (Wildman–Crippen LogP) is 3.58. The van der Waals surface area contributed by atoms with Gasteiger partial charge in [0, 0.05) is 18.0 Å². The molecule has 0 aliphatic rings. The van der Waals surface area contributed by atoms with E-state index < -0.39 is 10.0 Å². The molecule has 0 radical (unpaired) electrons. The number of benzene rings is 2. The van der Waals surface area contributed by atoms with Crippen LogP contribution in [0.15, 0.2) is 35.2 Å². The summed E-state index contributed by atoms with van der Waals surface area (Å²) in [6, 6.07) is 8.45. The van der Waals surface area contributed by atoms with Crippen LogP contribution in [-0.2, 0) is 14.8 Å². The molecule has 2 aromatic rings. The van der Waals surface area contributed by atoms with Crippen molar-refractivity contribution in [2.75, 3.05) is 19.0 Å². The van der Waals surface area contributed by atoms with Crippen molar-refractivity contribution in [3.05, 3.63) is 52.0 Å². The maximum atomic E-state index is 12.4. The van der Waals surface area contributed by atoms with Gasteiger partial charge in [0.1, 0.15) is 5.75 Å². The van der Waals surface area contributed by atoms with Crippen molar-refractivity contribution in [3.8, 4) is 5.75 Å². The molecule has 146 valence electrons. The van der Waals surface area contributed by atoms with E-state index in [4.69, 9.17) is 16.3 Å². The lowest BCUT2D eigenvalue weighted by atomic mass is 10.2. The first kappa shape index (κ1) is 21.2. The zero-order valence-corrected chi connectivity index (χ0v) is 17.3. The van der Waals surface area contributed by atoms with E-state index in [0.717, 1.165) is 5.56 Å². The number of methoxy groups -OCH3 is 1. The van der Waals surface area contributed by atoms with Gasteiger partial charge in [0.15, 0.2) is 0 Å². The van der Waals surface area contributed by atoms with Gasteiger partial charge in [-0.2, -0.15) is 0 Å². The number of hydrogen-bond acceptors (Lipinski definition) is 4. The van der Waals surface area contributed by atoms with Gasteiger partial charge in [-0.05, 0) is 61.7 Å². The van der Waals surface area contributed by atoms with Gasteiger partial charge < -0.3 is 10.1 Å². The molecule has 27 heavy (non-hydrogen) atoms. The summed E-state index contributed by atoms with van der Waals surface area (Å²) < 4.78 is 32.5. The normalized spacial score (nSPS) is 11.3. The standard InChI is InChI=1S/C19H23ClN2O4S/c1-12-5-6-17(26-4)16(9-12)22-18(23)7-8-21-27(24,25)15-10-13(2)19(20)14(3)11-15/h5-6,9-11,21H,7-8H2,1-4H3,(H,22,23). The quantitative estimate of drug-likeness (QED) is 0.730. The van der Waals surface area contributed by atoms with Gasteiger partial charge in [0.25, 0.3) is 0 Å². The summed E-state index contributed by atoms with van der Waals surface area (Å²) >= 11 is 6.08. The minimum absolute atomic E-state index is 0.0120. The molecule has 0 fully saturated rings. The third kappa shape index (κ3) is 5.45. The van der Waals surface area contributed by atoms with Crippen LogP contribution in [-0.4, -0.2) is 28.0 Å². The van der Waals surface area contributed by atoms with Crippen molar-refractivity contribution in [2.24, 2.45) is 0 Å². The van der Waals surface area contributed by atoms with Crippen LogP contribution in [0.3, 0.4) is 0 Å². The molecule has 0 spiro atoms. The molecule has 2 rings (SSSR count). The summed E-state index contributed by atoms with van der Waals surface area (Å²) in [5.74, 6) is 0.228. The van der Waals surface area contributed by atoms with Crippen molar-refractivity contribution in [1.29, 1.82) is 0 Å². The molecule has 0 aliphatic heterocycles. The fourth-order valence-electron chi connectivity index (χ4n) is 2.58. The van der Waals surface area contributed by atoms with Crippen molar-refractivity contribution in [2.45, 2.75) is 32.1 Å². The van der Waals surface area contributed by atoms with E-state index in [1.54, 1.807) is 26.0 Å². The topological polar surface area (TPSA) is 84.5 Å². The van der Waals surface area contributed by atoms with Crippen molar-refractivity contribution < 1.29 is 17.9 Å². The fraction of sp³-hybridized carbons (Fsp3) is 0.316. The highest BCUT2D eigenvalue weighted by molar-refractivity contribution is 7.89. The third-order valence-electron chi connectivity index (χ3n) is 3.99. The maximum absolute atomic E-state index is 12.4. The zero-order valence-electron chi connectivity index (χ0n) is 15.7. The van der Waals surface area contributed by atoms with Crippen molar-refractivity contribution in [1.82, 2.24) is 4.72 Å². The smallest absolute Gasteiger partial charge is 0.240 e. The second-order valence-corrected chi connectivity index (χ2v) is 8.42. The Kier molecular flexibility index (Phi) is 6.86. The molecule has 0 saturated carbocycles. The Labute approximate surface area is 164 Å². The van der Waals surface area contributed by atoms with Gasteiger partial charge in [0.05, 0.1) is 17.7 Å². The number of halogens is 1. The van der Waals surface area contributed by atoms with Gasteiger partial charge in [0.2, 0.25) is 15.9 Å². The van der Waals surface area contributed by atoms with Crippen molar-refractivity contribution in [3.63, 3.8) is 0 Å². The van der Waals surface area contributed by atoms with Crippen LogP contribution in [0.25, 0.3) is 0 Å². The Morgan fingerprint density at radius 1 is 1.11 bits per heavy atom. The second-order valence-electron chi connectivity index (χ2n) is 6.27. The molecule has 8 heteroatoms. The summed E-state index contributed by atoms with van der Waals surface area (Å²) in [7, 11) is -2.21. The van der Waals surface area contributed by atoms with E-state index in [9.17, 15) is 13.2 Å². The number of hydrogen-bond donors (Lipinski definition) is 2. The number of carbonyl (C=O) groups is 1. The van der Waals surface area contributed by atoms with Crippen LogP contribution in [0, 0.1) is 20.8 Å². The van der Waals surface area contributed by atoms with Crippen LogP contribution < -0.4 is 14.8 Å². The molecule has 0 unspecified atom stereocenters. The first-order chi connectivity index (χ1) is 12.6. The molecule has 0 saturated heterocycles. The largest absolute Gasteiger partial charge is 0.495 e. The first-order valence-corrected chi connectivity index (χ1v) is 10.2. The Balaban J connectivity index is 1.99. The van der Waals surface area contributed by atoms with Crippen LogP contribution in [0.5, 0.6) is 5.75 Å². The molecule has 1 amide bonds. The molecule has 2 N–H and O–H groups in total. The average Bonchev–Trinajstić information content (AvgIpc) is 2.59. The maximum Gasteiger partial charge on any atom is 0.240 e. The molecule has 0 aromatic heterocycles. The molecular formula is C19H23ClN2O4S. The molecule has 2 aromatic carbocycles. The van der Waals surface area contributed by atoms with E-state index in [-0.39, 0.29) is 23.8 Å². The van der Waals surface area contributed by atoms with Crippen LogP contribution in [0.1, 0.15) is 23.1 Å². The highest BCUT2D eigenvalue weighted by atomic mass is 35.5. The Bertz CT molecular complexity index is 935. The Morgan fingerprint density at radius 2 is 1.74 bits per heavy atom. The van der Waals surface area contributed by atoms with Crippen LogP contribution in [0.2, 0.25) is 5.02 Å². The van der Waals surface area contributed by atoms with Crippen molar-refractivity contribution >= 4 is 33.2 Å². The van der Waals surface area contributed by atoms with E-state index in [2.05, 4.69) is 10.0 Å². The lowest BCUT2D eigenvalue weighted by Crippen LogP contribution is -2.28. The molecule has 0 atom stereocenters. The fourth-order valence-corrected chi connectivity index (χ4v) is 3.89. The van der Waals surface area contributed by atoms with Gasteiger partial charge in [-0.3, -0.25) is 4.79 Å². The van der Waals surface area contributed by atoms with E-state index in [0.29, 0.717) is 27.6 Å². The van der Waals surface area contributed by atoms with E-state index in [1.165, 1.54) is 19.2 Å². The molecular weight excluding hydrogens is 388 g/mol. The lowest BCUT2D eigenvalue weighted by Gasteiger charge is -2.12. The number of anilines is 1. The third-order valence-corrected chi connectivity index (χ3v) is 6.03. The van der Waals surface area contributed by atoms with Crippen LogP contribution in [0.4, 0.5) is 5.69 Å². The molecule has 6 nitrogen and oxygen atoms in total. The zero-order chi connectivity index (χ0) is 20.2. The number of rotatable bonds is 7. The lowest BCUT2D eigenvalue weighted by molar-refractivity contribution is -0.116. The van der Waals surface area contributed by atoms with Gasteiger partial charge in [-0.1, -0.05) is 17.7 Å². The number of nitrogens with one attached hydrogen (secondary N) is 2. The number of ether oxygens (including phenoxy) is 1. The molecule has 0 bridgehead atoms. The minimum Gasteiger partial charge on any atom is -0.495 e. The number of sulfonamides is 1. The number of aryl methyl sites for hydroxylation is 3. The summed E-state index contributed by atoms with van der Waals surface area (Å²) in [6.07, 6.45) is -0.0120. The Morgan fingerprint density at radius 3 is 2.33 bits per heavy atom. The van der Waals surface area contributed by atoms with Gasteiger partial charge in [-0.25, -0.2) is 13.1 Å². The minimum atomic E-state index is -3.72. The van der Waals surface area contributed by atoms with Crippen LogP contribution >= 0.6 is 11.6 Å². The summed E-state index contributed by atoms with van der Waals surface area (Å²) in [6.45, 7) is 5.37. The summed E-state index contributed by atoms with van der Waals surface area (Å²) in [5, 5.41) is 3.28. The molecule has 0 aliphatic carbocycles. The number of amides is 1. The highest BCUT2D eigenvalue weighted by Gasteiger charge is 2.17. The summed E-state index contributed by atoms with van der Waals surface area (Å²) in [4.78, 5) is 12.3. The molecule has 0 heterocycles. The van der Waals surface area contributed by atoms with E-state index in [1.807, 2.05) is 13.0 Å². The summed E-state index contributed by atoms with van der Waals surface area (Å²) in [5.41, 5.74) is 2.89. The van der Waals surface area contributed by atoms with Gasteiger partial charge in [-0.15, -0.1) is 0 Å².